The van der Waals surface area contributed by atoms with Crippen molar-refractivity contribution >= 4 is 11.6 Å². The molecule has 0 amide bonds. The highest BCUT2D eigenvalue weighted by Crippen LogP contribution is 2.29. The molecule has 0 fully saturated rings. The Morgan fingerprint density at radius 3 is 2.56 bits per heavy atom. The van der Waals surface area contributed by atoms with Gasteiger partial charge in [0.25, 0.3) is 0 Å². The molecule has 0 spiro atoms. The Bertz CT molecular complexity index is 591. The predicted octanol–water partition coefficient (Wildman–Crippen LogP) is 3.41. The molecule has 0 saturated carbocycles. The molecule has 18 heavy (non-hydrogen) atoms. The molecule has 1 aromatic heterocycles. The third-order valence-corrected chi connectivity index (χ3v) is 2.49. The second kappa shape index (κ2) is 5.39. The minimum Gasteiger partial charge on any atom is -0.495 e. The fourth-order valence-electron chi connectivity index (χ4n) is 1.39. The van der Waals surface area contributed by atoms with Crippen LogP contribution in [-0.2, 0) is 0 Å². The maximum Gasteiger partial charge on any atom is 0.241 e. The van der Waals surface area contributed by atoms with Gasteiger partial charge in [-0.15, -0.1) is 0 Å². The summed E-state index contributed by atoms with van der Waals surface area (Å²) >= 11 is 5.78. The van der Waals surface area contributed by atoms with E-state index in [1.54, 1.807) is 30.3 Å². The number of rotatable bonds is 3. The van der Waals surface area contributed by atoms with E-state index in [4.69, 9.17) is 26.3 Å². The van der Waals surface area contributed by atoms with Crippen molar-refractivity contribution in [2.24, 2.45) is 0 Å². The molecule has 4 nitrogen and oxygen atoms in total. The van der Waals surface area contributed by atoms with Crippen LogP contribution in [0, 0.1) is 11.3 Å². The standard InChI is InChI=1S/C13H9ClN2O2/c1-17-12-6-7-16-13(11(12)8-15)18-10-4-2-9(14)3-5-10/h2-7H,1H3. The molecule has 2 aromatic rings. The van der Waals surface area contributed by atoms with Crippen molar-refractivity contribution in [1.82, 2.24) is 4.98 Å². The average molecular weight is 261 g/mol. The Morgan fingerprint density at radius 2 is 1.94 bits per heavy atom. The van der Waals surface area contributed by atoms with Crippen molar-refractivity contribution < 1.29 is 9.47 Å². The van der Waals surface area contributed by atoms with Gasteiger partial charge in [-0.3, -0.25) is 0 Å². The zero-order valence-corrected chi connectivity index (χ0v) is 10.3. The lowest BCUT2D eigenvalue weighted by Crippen LogP contribution is -1.95. The number of halogens is 1. The van der Waals surface area contributed by atoms with Gasteiger partial charge in [0.2, 0.25) is 5.88 Å². The van der Waals surface area contributed by atoms with E-state index < -0.39 is 0 Å². The quantitative estimate of drug-likeness (QED) is 0.849. The van der Waals surface area contributed by atoms with Crippen LogP contribution in [0.2, 0.25) is 5.02 Å². The lowest BCUT2D eigenvalue weighted by Gasteiger charge is -2.08. The Morgan fingerprint density at radius 1 is 1.22 bits per heavy atom. The van der Waals surface area contributed by atoms with Gasteiger partial charge in [0.05, 0.1) is 7.11 Å². The molecule has 0 aliphatic carbocycles. The maximum absolute atomic E-state index is 9.08. The van der Waals surface area contributed by atoms with E-state index in [1.807, 2.05) is 6.07 Å². The van der Waals surface area contributed by atoms with Crippen LogP contribution in [0.5, 0.6) is 17.4 Å². The van der Waals surface area contributed by atoms with Gasteiger partial charge in [-0.2, -0.15) is 5.26 Å². The summed E-state index contributed by atoms with van der Waals surface area (Å²) in [6, 6.07) is 10.4. The molecule has 0 atom stereocenters. The van der Waals surface area contributed by atoms with Crippen molar-refractivity contribution in [3.63, 3.8) is 0 Å². The molecular weight excluding hydrogens is 252 g/mol. The van der Waals surface area contributed by atoms with Gasteiger partial charge in [0.1, 0.15) is 17.6 Å². The lowest BCUT2D eigenvalue weighted by atomic mass is 10.2. The minimum atomic E-state index is 0.208. The summed E-state index contributed by atoms with van der Waals surface area (Å²) in [4.78, 5) is 4.02. The normalized spacial score (nSPS) is 9.61. The zero-order valence-electron chi connectivity index (χ0n) is 9.55. The molecular formula is C13H9ClN2O2. The highest BCUT2D eigenvalue weighted by Gasteiger charge is 2.12. The number of hydrogen-bond donors (Lipinski definition) is 0. The van der Waals surface area contributed by atoms with Crippen LogP contribution in [0.25, 0.3) is 0 Å². The molecule has 5 heteroatoms. The van der Waals surface area contributed by atoms with Crippen LogP contribution in [0.4, 0.5) is 0 Å². The van der Waals surface area contributed by atoms with Gasteiger partial charge in [0, 0.05) is 17.3 Å². The van der Waals surface area contributed by atoms with Crippen molar-refractivity contribution in [3.05, 3.63) is 47.1 Å². The summed E-state index contributed by atoms with van der Waals surface area (Å²) in [7, 11) is 1.49. The molecule has 0 bridgehead atoms. The van der Waals surface area contributed by atoms with E-state index in [0.29, 0.717) is 16.5 Å². The number of nitrogens with zero attached hydrogens (tertiary/aromatic N) is 2. The highest BCUT2D eigenvalue weighted by molar-refractivity contribution is 6.30. The van der Waals surface area contributed by atoms with Crippen molar-refractivity contribution in [3.8, 4) is 23.4 Å². The largest absolute Gasteiger partial charge is 0.495 e. The van der Waals surface area contributed by atoms with E-state index >= 15 is 0 Å². The summed E-state index contributed by atoms with van der Waals surface area (Å²) in [5.74, 6) is 1.19. The van der Waals surface area contributed by atoms with Gasteiger partial charge < -0.3 is 9.47 Å². The predicted molar refractivity (Wildman–Crippen MR) is 67.0 cm³/mol. The first-order chi connectivity index (χ1) is 8.74. The molecule has 0 aliphatic heterocycles. The van der Waals surface area contributed by atoms with Crippen LogP contribution in [-0.4, -0.2) is 12.1 Å². The number of hydrogen-bond acceptors (Lipinski definition) is 4. The Labute approximate surface area is 109 Å². The van der Waals surface area contributed by atoms with E-state index in [0.717, 1.165) is 0 Å². The number of benzene rings is 1. The Hall–Kier alpha value is -2.25. The summed E-state index contributed by atoms with van der Waals surface area (Å²) in [6.07, 6.45) is 1.52. The van der Waals surface area contributed by atoms with E-state index in [-0.39, 0.29) is 11.4 Å². The monoisotopic (exact) mass is 260 g/mol. The first-order valence-electron chi connectivity index (χ1n) is 5.11. The third kappa shape index (κ3) is 2.53. The van der Waals surface area contributed by atoms with Crippen molar-refractivity contribution in [2.75, 3.05) is 7.11 Å². The topological polar surface area (TPSA) is 55.1 Å². The minimum absolute atomic E-state index is 0.208. The molecule has 1 heterocycles. The maximum atomic E-state index is 9.08. The number of nitriles is 1. The van der Waals surface area contributed by atoms with Gasteiger partial charge in [-0.05, 0) is 24.3 Å². The van der Waals surface area contributed by atoms with Crippen LogP contribution in [0.15, 0.2) is 36.5 Å². The highest BCUT2D eigenvalue weighted by atomic mass is 35.5. The molecule has 1 aromatic carbocycles. The zero-order chi connectivity index (χ0) is 13.0. The van der Waals surface area contributed by atoms with Crippen LogP contribution >= 0.6 is 11.6 Å². The lowest BCUT2D eigenvalue weighted by molar-refractivity contribution is 0.403. The smallest absolute Gasteiger partial charge is 0.241 e. The molecule has 0 radical (unpaired) electrons. The second-order valence-corrected chi connectivity index (χ2v) is 3.80. The van der Waals surface area contributed by atoms with Crippen molar-refractivity contribution in [1.29, 1.82) is 5.26 Å². The number of methoxy groups -OCH3 is 1. The van der Waals surface area contributed by atoms with Gasteiger partial charge in [-0.1, -0.05) is 11.6 Å². The number of pyridine rings is 1. The second-order valence-electron chi connectivity index (χ2n) is 3.36. The summed E-state index contributed by atoms with van der Waals surface area (Å²) in [6.45, 7) is 0. The van der Waals surface area contributed by atoms with Crippen molar-refractivity contribution in [2.45, 2.75) is 0 Å². The molecule has 0 unspecified atom stereocenters. The van der Waals surface area contributed by atoms with Crippen LogP contribution in [0.3, 0.4) is 0 Å². The van der Waals surface area contributed by atoms with Gasteiger partial charge >= 0.3 is 0 Å². The summed E-state index contributed by atoms with van der Waals surface area (Å²) in [5.41, 5.74) is 0.259. The average Bonchev–Trinajstić information content (AvgIpc) is 2.41. The first kappa shape index (κ1) is 12.2. The van der Waals surface area contributed by atoms with E-state index in [1.165, 1.54) is 13.3 Å². The van der Waals surface area contributed by atoms with Crippen LogP contribution in [0.1, 0.15) is 5.56 Å². The summed E-state index contributed by atoms with van der Waals surface area (Å²) < 4.78 is 10.6. The number of ether oxygens (including phenoxy) is 2. The molecule has 0 saturated heterocycles. The van der Waals surface area contributed by atoms with E-state index in [9.17, 15) is 0 Å². The molecule has 0 N–H and O–H groups in total. The van der Waals surface area contributed by atoms with Gasteiger partial charge in [-0.25, -0.2) is 4.98 Å². The first-order valence-corrected chi connectivity index (χ1v) is 5.49. The molecule has 2 rings (SSSR count). The Balaban J connectivity index is 2.35. The fourth-order valence-corrected chi connectivity index (χ4v) is 1.52. The fraction of sp³-hybridized carbons (Fsp3) is 0.0769. The molecule has 90 valence electrons. The van der Waals surface area contributed by atoms with E-state index in [2.05, 4.69) is 4.98 Å². The number of aromatic nitrogens is 1. The summed E-state index contributed by atoms with van der Waals surface area (Å²) in [5, 5.41) is 9.69. The third-order valence-electron chi connectivity index (χ3n) is 2.24. The van der Waals surface area contributed by atoms with Gasteiger partial charge in [0.15, 0.2) is 5.56 Å². The SMILES string of the molecule is COc1ccnc(Oc2ccc(Cl)cc2)c1C#N. The molecule has 0 aliphatic rings. The Kier molecular flexibility index (Phi) is 3.66. The van der Waals surface area contributed by atoms with Crippen LogP contribution < -0.4 is 9.47 Å².